The molecule has 2 N–H and O–H groups in total. The number of ether oxygens (including phenoxy) is 1. The molecular weight excluding hydrogens is 473 g/mol. The van der Waals surface area contributed by atoms with Crippen molar-refractivity contribution in [3.05, 3.63) is 24.3 Å². The normalized spacial score (nSPS) is 17.1. The van der Waals surface area contributed by atoms with Crippen molar-refractivity contribution in [1.82, 2.24) is 30.3 Å². The number of nitrogens with zero attached hydrogens (tertiary/aromatic N) is 5. The molecule has 1 unspecified atom stereocenters. The number of aromatic nitrogens is 3. The first-order valence-corrected chi connectivity index (χ1v) is 9.18. The summed E-state index contributed by atoms with van der Waals surface area (Å²) in [5.41, 5.74) is -0.505. The molecule has 2 rings (SSSR count). The Labute approximate surface area is 184 Å². The van der Waals surface area contributed by atoms with E-state index >= 15 is 0 Å². The summed E-state index contributed by atoms with van der Waals surface area (Å²) < 4.78 is 7.26. The summed E-state index contributed by atoms with van der Waals surface area (Å²) in [5.74, 6) is 2.42. The molecule has 0 saturated carbocycles. The number of likely N-dealkylation sites (tertiary alicyclic amines) is 1. The number of halogens is 1. The summed E-state index contributed by atoms with van der Waals surface area (Å²) in [6.45, 7) is 13.7. The highest BCUT2D eigenvalue weighted by Gasteiger charge is 2.28. The zero-order chi connectivity index (χ0) is 20.0. The number of aryl methyl sites for hydroxylation is 1. The molecule has 1 aliphatic heterocycles. The number of hydrogen-bond donors (Lipinski definition) is 2. The van der Waals surface area contributed by atoms with Gasteiger partial charge in [-0.3, -0.25) is 0 Å². The molecule has 158 valence electrons. The van der Waals surface area contributed by atoms with Crippen molar-refractivity contribution in [2.45, 2.75) is 52.3 Å². The Hall–Kier alpha value is -1.85. The number of rotatable bonds is 5. The van der Waals surface area contributed by atoms with Gasteiger partial charge in [0.2, 0.25) is 0 Å². The van der Waals surface area contributed by atoms with Crippen molar-refractivity contribution < 1.29 is 9.53 Å². The predicted molar refractivity (Wildman–Crippen MR) is 120 cm³/mol. The molecule has 10 heteroatoms. The van der Waals surface area contributed by atoms with Crippen LogP contribution in [-0.4, -0.2) is 63.0 Å². The van der Waals surface area contributed by atoms with Crippen LogP contribution in [0.4, 0.5) is 4.79 Å². The quantitative estimate of drug-likeness (QED) is 0.275. The average Bonchev–Trinajstić information content (AvgIpc) is 3.14. The minimum absolute atomic E-state index is 0. The summed E-state index contributed by atoms with van der Waals surface area (Å²) in [7, 11) is 1.92. The lowest BCUT2D eigenvalue weighted by Crippen LogP contribution is -2.44. The number of carbonyl (C=O) groups is 1. The first-order chi connectivity index (χ1) is 12.7. The Morgan fingerprint density at radius 1 is 1.43 bits per heavy atom. The van der Waals surface area contributed by atoms with Gasteiger partial charge in [-0.2, -0.15) is 0 Å². The number of hydrogen-bond acceptors (Lipinski definition) is 5. The molecule has 1 aromatic heterocycles. The van der Waals surface area contributed by atoms with Gasteiger partial charge in [-0.25, -0.2) is 9.79 Å². The van der Waals surface area contributed by atoms with Gasteiger partial charge in [0, 0.05) is 26.7 Å². The van der Waals surface area contributed by atoms with Crippen LogP contribution in [0.15, 0.2) is 17.6 Å². The molecular formula is C18H32IN7O2. The van der Waals surface area contributed by atoms with Gasteiger partial charge >= 0.3 is 6.09 Å². The molecule has 0 bridgehead atoms. The van der Waals surface area contributed by atoms with Crippen molar-refractivity contribution in [1.29, 1.82) is 0 Å². The fourth-order valence-corrected chi connectivity index (χ4v) is 2.71. The molecule has 1 aromatic rings. The van der Waals surface area contributed by atoms with E-state index in [4.69, 9.17) is 4.74 Å². The van der Waals surface area contributed by atoms with E-state index in [-0.39, 0.29) is 36.1 Å². The maximum atomic E-state index is 12.0. The minimum Gasteiger partial charge on any atom is -0.444 e. The fraction of sp³-hybridized carbons (Fsp3) is 0.667. The summed E-state index contributed by atoms with van der Waals surface area (Å²) in [6.07, 6.45) is 2.23. The van der Waals surface area contributed by atoms with Crippen LogP contribution in [-0.2, 0) is 18.3 Å². The number of carbonyl (C=O) groups excluding carboxylic acids is 1. The van der Waals surface area contributed by atoms with Gasteiger partial charge in [0.1, 0.15) is 18.0 Å². The van der Waals surface area contributed by atoms with E-state index in [1.54, 1.807) is 6.08 Å². The second-order valence-electron chi connectivity index (χ2n) is 7.61. The second kappa shape index (κ2) is 10.6. The van der Waals surface area contributed by atoms with Crippen LogP contribution in [0.1, 0.15) is 38.8 Å². The van der Waals surface area contributed by atoms with Crippen molar-refractivity contribution in [3.63, 3.8) is 0 Å². The minimum atomic E-state index is -0.505. The summed E-state index contributed by atoms with van der Waals surface area (Å²) in [4.78, 5) is 18.8. The van der Waals surface area contributed by atoms with E-state index in [9.17, 15) is 4.79 Å². The van der Waals surface area contributed by atoms with Crippen molar-refractivity contribution in [2.24, 2.45) is 12.0 Å². The molecule has 0 radical (unpaired) electrons. The van der Waals surface area contributed by atoms with E-state index in [1.165, 1.54) is 0 Å². The van der Waals surface area contributed by atoms with E-state index in [0.717, 1.165) is 30.6 Å². The lowest BCUT2D eigenvalue weighted by atomic mass is 10.2. The van der Waals surface area contributed by atoms with Crippen LogP contribution >= 0.6 is 24.0 Å². The first kappa shape index (κ1) is 24.2. The topological polar surface area (TPSA) is 96.7 Å². The molecule has 1 atom stereocenters. The van der Waals surface area contributed by atoms with E-state index in [2.05, 4.69) is 37.3 Å². The standard InChI is InChI=1S/C18H31N7O2.HI/c1-7-9-19-16(20-11-15-23-22-13(2)24(15)6)25-10-8-14(12-25)21-17(26)27-18(3,4)5;/h7,14H,1,8-12H2,2-6H3,(H,19,20)(H,21,26);1H. The second-order valence-corrected chi connectivity index (χ2v) is 7.61. The van der Waals surface area contributed by atoms with Gasteiger partial charge in [0.15, 0.2) is 11.8 Å². The maximum absolute atomic E-state index is 12.0. The van der Waals surface area contributed by atoms with Gasteiger partial charge in [0.05, 0.1) is 6.04 Å². The highest BCUT2D eigenvalue weighted by molar-refractivity contribution is 14.0. The van der Waals surface area contributed by atoms with Crippen LogP contribution in [0.5, 0.6) is 0 Å². The molecule has 1 saturated heterocycles. The van der Waals surface area contributed by atoms with Crippen molar-refractivity contribution >= 4 is 36.0 Å². The van der Waals surface area contributed by atoms with E-state index in [0.29, 0.717) is 19.6 Å². The Kier molecular flexibility index (Phi) is 9.18. The Morgan fingerprint density at radius 3 is 2.71 bits per heavy atom. The third kappa shape index (κ3) is 7.28. The largest absolute Gasteiger partial charge is 0.444 e. The zero-order valence-corrected chi connectivity index (χ0v) is 19.7. The Bertz CT molecular complexity index is 697. The number of guanidine groups is 1. The highest BCUT2D eigenvalue weighted by atomic mass is 127. The Balaban J connectivity index is 0.00000392. The SMILES string of the molecule is C=CCNC(=NCc1nnc(C)n1C)N1CCC(NC(=O)OC(C)(C)C)C1.I. The third-order valence-corrected chi connectivity index (χ3v) is 4.17. The summed E-state index contributed by atoms with van der Waals surface area (Å²) in [5, 5.41) is 14.4. The van der Waals surface area contributed by atoms with E-state index < -0.39 is 5.60 Å². The number of alkyl carbamates (subject to hydrolysis) is 1. The number of nitrogens with one attached hydrogen (secondary N) is 2. The van der Waals surface area contributed by atoms with Crippen molar-refractivity contribution in [3.8, 4) is 0 Å². The van der Waals surface area contributed by atoms with Crippen LogP contribution in [0.25, 0.3) is 0 Å². The van der Waals surface area contributed by atoms with Crippen LogP contribution < -0.4 is 10.6 Å². The predicted octanol–water partition coefficient (Wildman–Crippen LogP) is 1.97. The molecule has 1 aliphatic rings. The fourth-order valence-electron chi connectivity index (χ4n) is 2.71. The van der Waals surface area contributed by atoms with E-state index in [1.807, 2.05) is 39.3 Å². The van der Waals surface area contributed by atoms with Gasteiger partial charge in [0.25, 0.3) is 0 Å². The number of amides is 1. The molecule has 2 heterocycles. The summed E-state index contributed by atoms with van der Waals surface area (Å²) in [6, 6.07) is 0.0210. The molecule has 9 nitrogen and oxygen atoms in total. The van der Waals surface area contributed by atoms with Crippen LogP contribution in [0, 0.1) is 6.92 Å². The summed E-state index contributed by atoms with van der Waals surface area (Å²) >= 11 is 0. The lowest BCUT2D eigenvalue weighted by Gasteiger charge is -2.23. The molecule has 1 fully saturated rings. The average molecular weight is 505 g/mol. The molecule has 0 aromatic carbocycles. The zero-order valence-electron chi connectivity index (χ0n) is 17.4. The first-order valence-electron chi connectivity index (χ1n) is 9.18. The monoisotopic (exact) mass is 505 g/mol. The van der Waals surface area contributed by atoms with Gasteiger partial charge in [-0.05, 0) is 34.1 Å². The molecule has 1 amide bonds. The number of aliphatic imine (C=N–C) groups is 1. The highest BCUT2D eigenvalue weighted by Crippen LogP contribution is 2.12. The lowest BCUT2D eigenvalue weighted by molar-refractivity contribution is 0.0507. The van der Waals surface area contributed by atoms with Crippen LogP contribution in [0.3, 0.4) is 0 Å². The third-order valence-electron chi connectivity index (χ3n) is 4.17. The van der Waals surface area contributed by atoms with Crippen LogP contribution in [0.2, 0.25) is 0 Å². The van der Waals surface area contributed by atoms with Crippen molar-refractivity contribution in [2.75, 3.05) is 19.6 Å². The van der Waals surface area contributed by atoms with Gasteiger partial charge in [-0.1, -0.05) is 6.08 Å². The Morgan fingerprint density at radius 2 is 2.14 bits per heavy atom. The van der Waals surface area contributed by atoms with Gasteiger partial charge < -0.3 is 24.8 Å². The maximum Gasteiger partial charge on any atom is 0.407 e. The molecule has 28 heavy (non-hydrogen) atoms. The smallest absolute Gasteiger partial charge is 0.407 e. The van der Waals surface area contributed by atoms with Gasteiger partial charge in [-0.15, -0.1) is 40.8 Å². The molecule has 0 aliphatic carbocycles. The molecule has 0 spiro atoms.